The molecule has 0 amide bonds. The van der Waals surface area contributed by atoms with E-state index in [9.17, 15) is 5.41 Å². The van der Waals surface area contributed by atoms with Crippen LogP contribution in [0.5, 0.6) is 0 Å². The van der Waals surface area contributed by atoms with E-state index in [1.807, 2.05) is 73.7 Å². The summed E-state index contributed by atoms with van der Waals surface area (Å²) >= 11 is 0. The molecular formula is C42H37N3O. The number of fused-ring (bicyclic) bond motifs is 2. The molecule has 0 radical (unpaired) electrons. The smallest absolute Gasteiger partial charge is 0.133 e. The van der Waals surface area contributed by atoms with Crippen LogP contribution >= 0.6 is 0 Å². The lowest BCUT2D eigenvalue weighted by molar-refractivity contribution is 0.582. The summed E-state index contributed by atoms with van der Waals surface area (Å²) in [5.74, 6) is 0.814. The van der Waals surface area contributed by atoms with E-state index in [4.69, 9.17) is 4.42 Å². The fraction of sp³-hybridized carbons (Fsp3) is 0.0238. The van der Waals surface area contributed by atoms with E-state index in [0.29, 0.717) is 5.71 Å². The minimum atomic E-state index is 0.418. The predicted octanol–water partition coefficient (Wildman–Crippen LogP) is 11.0. The van der Waals surface area contributed by atoms with Crippen molar-refractivity contribution < 1.29 is 4.42 Å². The highest BCUT2D eigenvalue weighted by atomic mass is 16.3. The first kappa shape index (κ1) is 31.3. The molecule has 0 atom stereocenters. The Bertz CT molecular complexity index is 2020. The molecule has 2 N–H and O–H groups in total. The maximum absolute atomic E-state index is 9.32. The van der Waals surface area contributed by atoms with Gasteiger partial charge in [0.2, 0.25) is 0 Å². The Hall–Kier alpha value is -6.13. The molecule has 0 fully saturated rings. The lowest BCUT2D eigenvalue weighted by Crippen LogP contribution is -2.18. The molecule has 6 aromatic rings. The van der Waals surface area contributed by atoms with Crippen molar-refractivity contribution in [3.05, 3.63) is 194 Å². The van der Waals surface area contributed by atoms with Crippen LogP contribution in [0.15, 0.2) is 176 Å². The van der Waals surface area contributed by atoms with E-state index < -0.39 is 0 Å². The Morgan fingerprint density at radius 2 is 1.43 bits per heavy atom. The molecule has 1 aliphatic rings. The van der Waals surface area contributed by atoms with Crippen molar-refractivity contribution >= 4 is 34.1 Å². The van der Waals surface area contributed by atoms with Gasteiger partial charge in [0.25, 0.3) is 0 Å². The van der Waals surface area contributed by atoms with Gasteiger partial charge in [-0.15, -0.1) is 6.58 Å². The number of hydrogen-bond acceptors (Lipinski definition) is 3. The zero-order valence-electron chi connectivity index (χ0n) is 26.0. The first-order valence-electron chi connectivity index (χ1n) is 15.1. The van der Waals surface area contributed by atoms with E-state index in [1.165, 1.54) is 0 Å². The van der Waals surface area contributed by atoms with Crippen LogP contribution in [-0.4, -0.2) is 10.3 Å². The molecular weight excluding hydrogens is 562 g/mol. The number of hydrogen-bond donors (Lipinski definition) is 2. The molecule has 4 aromatic carbocycles. The number of allylic oxidation sites excluding steroid dienone is 4. The number of benzene rings is 4. The first-order chi connectivity index (χ1) is 22.6. The zero-order chi connectivity index (χ0) is 32.3. The van der Waals surface area contributed by atoms with E-state index in [1.54, 1.807) is 24.5 Å². The predicted molar refractivity (Wildman–Crippen MR) is 196 cm³/mol. The van der Waals surface area contributed by atoms with Crippen LogP contribution in [0.4, 0.5) is 0 Å². The molecule has 3 heterocycles. The van der Waals surface area contributed by atoms with Crippen molar-refractivity contribution in [1.29, 1.82) is 5.41 Å². The molecule has 2 aromatic heterocycles. The van der Waals surface area contributed by atoms with Gasteiger partial charge in [0.05, 0.1) is 23.2 Å². The molecule has 0 aliphatic carbocycles. The van der Waals surface area contributed by atoms with Gasteiger partial charge in [0, 0.05) is 33.6 Å². The fourth-order valence-electron chi connectivity index (χ4n) is 5.23. The minimum absolute atomic E-state index is 0.418. The summed E-state index contributed by atoms with van der Waals surface area (Å²) in [5.41, 5.74) is 9.41. The topological polar surface area (TPSA) is 54.0 Å². The van der Waals surface area contributed by atoms with Crippen LogP contribution in [0.25, 0.3) is 45.4 Å². The molecule has 46 heavy (non-hydrogen) atoms. The van der Waals surface area contributed by atoms with Crippen molar-refractivity contribution in [2.24, 2.45) is 0 Å². The molecule has 226 valence electrons. The van der Waals surface area contributed by atoms with Crippen molar-refractivity contribution in [2.75, 3.05) is 0 Å². The molecule has 0 spiro atoms. The fourth-order valence-corrected chi connectivity index (χ4v) is 5.23. The van der Waals surface area contributed by atoms with Crippen molar-refractivity contribution in [2.45, 2.75) is 6.92 Å². The average Bonchev–Trinajstić information content (AvgIpc) is 3.78. The van der Waals surface area contributed by atoms with E-state index in [-0.39, 0.29) is 0 Å². The normalized spacial score (nSPS) is 12.3. The Morgan fingerprint density at radius 1 is 0.761 bits per heavy atom. The van der Waals surface area contributed by atoms with E-state index in [0.717, 1.165) is 61.7 Å². The summed E-state index contributed by atoms with van der Waals surface area (Å²) in [4.78, 5) is 0. The van der Waals surface area contributed by atoms with Crippen LogP contribution in [0.3, 0.4) is 0 Å². The van der Waals surface area contributed by atoms with Gasteiger partial charge in [0.1, 0.15) is 5.76 Å². The Kier molecular flexibility index (Phi) is 10.2. The van der Waals surface area contributed by atoms with Crippen LogP contribution in [0.1, 0.15) is 29.3 Å². The first-order valence-corrected chi connectivity index (χ1v) is 15.1. The highest BCUT2D eigenvalue weighted by Crippen LogP contribution is 2.34. The van der Waals surface area contributed by atoms with Crippen LogP contribution in [0, 0.1) is 5.41 Å². The lowest BCUT2D eigenvalue weighted by Gasteiger charge is -2.23. The van der Waals surface area contributed by atoms with Gasteiger partial charge in [0.15, 0.2) is 0 Å². The highest BCUT2D eigenvalue weighted by molar-refractivity contribution is 6.13. The second-order valence-corrected chi connectivity index (χ2v) is 10.4. The second-order valence-electron chi connectivity index (χ2n) is 10.4. The van der Waals surface area contributed by atoms with E-state index in [2.05, 4.69) is 96.4 Å². The highest BCUT2D eigenvalue weighted by Gasteiger charge is 2.20. The lowest BCUT2D eigenvalue weighted by atomic mass is 9.94. The van der Waals surface area contributed by atoms with Crippen molar-refractivity contribution in [3.8, 4) is 17.0 Å². The van der Waals surface area contributed by atoms with Crippen molar-refractivity contribution in [3.63, 3.8) is 0 Å². The molecule has 4 heteroatoms. The Balaban J connectivity index is 0.000000546. The van der Waals surface area contributed by atoms with Gasteiger partial charge >= 0.3 is 0 Å². The molecule has 0 bridgehead atoms. The number of aromatic nitrogens is 1. The third-order valence-electron chi connectivity index (χ3n) is 7.26. The third kappa shape index (κ3) is 6.98. The number of nitrogens with zero attached hydrogens (tertiary/aromatic N) is 1. The Labute approximate surface area is 271 Å². The summed E-state index contributed by atoms with van der Waals surface area (Å²) in [6.45, 7) is 12.0. The van der Waals surface area contributed by atoms with Crippen molar-refractivity contribution in [1.82, 2.24) is 9.88 Å². The van der Waals surface area contributed by atoms with Crippen LogP contribution in [0.2, 0.25) is 0 Å². The van der Waals surface area contributed by atoms with Gasteiger partial charge in [-0.05, 0) is 72.7 Å². The molecule has 1 aliphatic heterocycles. The van der Waals surface area contributed by atoms with Gasteiger partial charge in [-0.1, -0.05) is 110 Å². The summed E-state index contributed by atoms with van der Waals surface area (Å²) < 4.78 is 7.84. The van der Waals surface area contributed by atoms with Crippen LogP contribution < -0.4 is 5.32 Å². The third-order valence-corrected chi connectivity index (χ3v) is 7.26. The van der Waals surface area contributed by atoms with Gasteiger partial charge in [-0.2, -0.15) is 0 Å². The molecule has 4 nitrogen and oxygen atoms in total. The maximum atomic E-state index is 9.32. The Morgan fingerprint density at radius 3 is 2.11 bits per heavy atom. The van der Waals surface area contributed by atoms with Gasteiger partial charge in [-0.3, -0.25) is 5.41 Å². The number of para-hydroxylation sites is 2. The summed E-state index contributed by atoms with van der Waals surface area (Å²) in [6.07, 6.45) is 10.8. The zero-order valence-corrected chi connectivity index (χ0v) is 26.0. The standard InChI is InChI=1S/C35H25N3O.C4H6.C3H6/c36-30(34-22-26-12-7-8-15-33(26)38(34)28-13-5-2-6-14-28)23-32-29-20-27(35-16-9-19-39-35)18-17-25(29)21-31(37-32)24-10-3-1-4-11-24;1-3-4-2;1-3-2/h1-23,36-37H;3-4H,1-2H2;3H,1H2,2H3/b32-23-,36-30?;;. The number of rotatable bonds is 6. The molecule has 0 saturated carbocycles. The average molecular weight is 600 g/mol. The summed E-state index contributed by atoms with van der Waals surface area (Å²) in [5, 5.41) is 14.1. The quantitative estimate of drug-likeness (QED) is 0.114. The maximum Gasteiger partial charge on any atom is 0.133 e. The molecule has 0 saturated heterocycles. The number of nitrogens with one attached hydrogen (secondary N) is 2. The molecule has 0 unspecified atom stereocenters. The SMILES string of the molecule is C=CC.C=CC=C.N=C(/C=C1\NC(c2ccccc2)=Cc2ccc(-c3ccco3)cc21)c1cc2ccccc2n1-c1ccccc1. The van der Waals surface area contributed by atoms with Gasteiger partial charge < -0.3 is 14.3 Å². The summed E-state index contributed by atoms with van der Waals surface area (Å²) in [6, 6.07) is 41.1. The summed E-state index contributed by atoms with van der Waals surface area (Å²) in [7, 11) is 0. The minimum Gasteiger partial charge on any atom is -0.464 e. The van der Waals surface area contributed by atoms with Gasteiger partial charge in [-0.25, -0.2) is 0 Å². The van der Waals surface area contributed by atoms with E-state index >= 15 is 0 Å². The van der Waals surface area contributed by atoms with Crippen LogP contribution in [-0.2, 0) is 0 Å². The monoisotopic (exact) mass is 599 g/mol. The largest absolute Gasteiger partial charge is 0.464 e. The molecule has 7 rings (SSSR count). The second kappa shape index (κ2) is 15.0. The number of furan rings is 1.